The van der Waals surface area contributed by atoms with Gasteiger partial charge in [0.1, 0.15) is 6.10 Å². The average Bonchev–Trinajstić information content (AvgIpc) is 2.86. The van der Waals surface area contributed by atoms with E-state index >= 15 is 0 Å². The molecule has 0 aromatic carbocycles. The van der Waals surface area contributed by atoms with E-state index < -0.39 is 6.10 Å². The Morgan fingerprint density at radius 2 is 2.19 bits per heavy atom. The first-order valence-corrected chi connectivity index (χ1v) is 6.02. The maximum atomic E-state index is 9.86. The molecule has 1 atom stereocenters. The summed E-state index contributed by atoms with van der Waals surface area (Å²) < 4.78 is 5.71. The van der Waals surface area contributed by atoms with Crippen molar-refractivity contribution >= 4 is 0 Å². The molecular formula is C12H20N2O2. The molecule has 1 fully saturated rings. The molecule has 2 N–H and O–H groups in total. The summed E-state index contributed by atoms with van der Waals surface area (Å²) in [5, 5.41) is 12.8. The molecule has 4 nitrogen and oxygen atoms in total. The third-order valence-electron chi connectivity index (χ3n) is 3.25. The number of oxazole rings is 1. The Morgan fingerprint density at radius 1 is 1.50 bits per heavy atom. The van der Waals surface area contributed by atoms with E-state index in [1.165, 1.54) is 25.7 Å². The lowest BCUT2D eigenvalue weighted by Crippen LogP contribution is -2.16. The highest BCUT2D eigenvalue weighted by molar-refractivity contribution is 5.13. The second-order valence-corrected chi connectivity index (χ2v) is 4.56. The number of hydrogen-bond donors (Lipinski definition) is 2. The molecule has 0 bridgehead atoms. The van der Waals surface area contributed by atoms with Crippen LogP contribution in [0.25, 0.3) is 0 Å². The zero-order valence-electron chi connectivity index (χ0n) is 9.99. The van der Waals surface area contributed by atoms with Gasteiger partial charge in [0, 0.05) is 12.5 Å². The number of hydrogen-bond acceptors (Lipinski definition) is 4. The second kappa shape index (κ2) is 4.97. The van der Waals surface area contributed by atoms with E-state index in [4.69, 9.17) is 4.42 Å². The van der Waals surface area contributed by atoms with Gasteiger partial charge in [-0.1, -0.05) is 12.8 Å². The van der Waals surface area contributed by atoms with Crippen molar-refractivity contribution in [3.8, 4) is 0 Å². The molecule has 16 heavy (non-hydrogen) atoms. The van der Waals surface area contributed by atoms with Crippen molar-refractivity contribution in [2.75, 3.05) is 13.6 Å². The Hall–Kier alpha value is -0.870. The average molecular weight is 224 g/mol. The van der Waals surface area contributed by atoms with Crippen LogP contribution in [0.15, 0.2) is 4.42 Å². The van der Waals surface area contributed by atoms with Crippen LogP contribution in [0.2, 0.25) is 0 Å². The van der Waals surface area contributed by atoms with Gasteiger partial charge in [-0.05, 0) is 26.8 Å². The van der Waals surface area contributed by atoms with E-state index in [1.807, 2.05) is 14.0 Å². The lowest BCUT2D eigenvalue weighted by Gasteiger charge is -2.07. The monoisotopic (exact) mass is 224 g/mol. The van der Waals surface area contributed by atoms with Crippen molar-refractivity contribution in [2.45, 2.75) is 44.6 Å². The molecule has 0 saturated heterocycles. The molecule has 1 saturated carbocycles. The molecule has 1 aliphatic rings. The molecule has 1 aromatic heterocycles. The van der Waals surface area contributed by atoms with Gasteiger partial charge < -0.3 is 14.8 Å². The predicted molar refractivity (Wildman–Crippen MR) is 61.3 cm³/mol. The van der Waals surface area contributed by atoms with Crippen molar-refractivity contribution in [3.63, 3.8) is 0 Å². The number of aromatic nitrogens is 1. The number of nitrogens with zero attached hydrogens (tertiary/aromatic N) is 1. The third kappa shape index (κ3) is 2.28. The largest absolute Gasteiger partial charge is 0.442 e. The lowest BCUT2D eigenvalue weighted by molar-refractivity contribution is 0.146. The molecule has 1 aromatic rings. The maximum absolute atomic E-state index is 9.86. The number of nitrogens with one attached hydrogen (secondary N) is 1. The first-order valence-electron chi connectivity index (χ1n) is 6.02. The number of rotatable bonds is 4. The summed E-state index contributed by atoms with van der Waals surface area (Å²) in [6.45, 7) is 2.40. The van der Waals surface area contributed by atoms with Gasteiger partial charge in [-0.2, -0.15) is 0 Å². The Labute approximate surface area is 96.1 Å². The fourth-order valence-electron chi connectivity index (χ4n) is 2.37. The number of likely N-dealkylation sites (N-methyl/N-ethyl adjacent to an activating group) is 1. The molecule has 2 rings (SSSR count). The van der Waals surface area contributed by atoms with Crippen LogP contribution in [0, 0.1) is 6.92 Å². The maximum Gasteiger partial charge on any atom is 0.197 e. The van der Waals surface area contributed by atoms with E-state index in [-0.39, 0.29) is 0 Å². The molecule has 0 spiro atoms. The van der Waals surface area contributed by atoms with Crippen molar-refractivity contribution < 1.29 is 9.52 Å². The number of aryl methyl sites for hydroxylation is 1. The molecule has 1 aliphatic carbocycles. The summed E-state index contributed by atoms with van der Waals surface area (Å²) in [6, 6.07) is 0. The van der Waals surface area contributed by atoms with Gasteiger partial charge in [0.15, 0.2) is 11.7 Å². The Balaban J connectivity index is 2.14. The van der Waals surface area contributed by atoms with Gasteiger partial charge >= 0.3 is 0 Å². The minimum absolute atomic E-state index is 0.467. The van der Waals surface area contributed by atoms with Crippen LogP contribution >= 0.6 is 0 Å². The molecule has 1 unspecified atom stereocenters. The molecule has 4 heteroatoms. The molecule has 0 radical (unpaired) electrons. The second-order valence-electron chi connectivity index (χ2n) is 4.56. The van der Waals surface area contributed by atoms with Crippen LogP contribution in [-0.2, 0) is 0 Å². The summed E-state index contributed by atoms with van der Waals surface area (Å²) in [5.41, 5.74) is 0.824. The van der Waals surface area contributed by atoms with Gasteiger partial charge in [-0.3, -0.25) is 0 Å². The van der Waals surface area contributed by atoms with Crippen molar-refractivity contribution in [2.24, 2.45) is 0 Å². The third-order valence-corrected chi connectivity index (χ3v) is 3.25. The van der Waals surface area contributed by atoms with Crippen LogP contribution in [0.5, 0.6) is 0 Å². The highest BCUT2D eigenvalue weighted by Gasteiger charge is 2.25. The summed E-state index contributed by atoms with van der Waals surface area (Å²) in [4.78, 5) is 4.44. The number of aliphatic hydroxyl groups excluding tert-OH is 1. The zero-order valence-corrected chi connectivity index (χ0v) is 9.99. The first kappa shape index (κ1) is 11.6. The van der Waals surface area contributed by atoms with Crippen molar-refractivity contribution in [1.82, 2.24) is 10.3 Å². The number of aliphatic hydroxyl groups is 1. The normalized spacial score (nSPS) is 19.2. The summed E-state index contributed by atoms with van der Waals surface area (Å²) in [7, 11) is 1.81. The van der Waals surface area contributed by atoms with Crippen LogP contribution in [0.3, 0.4) is 0 Å². The predicted octanol–water partition coefficient (Wildman–Crippen LogP) is 1.89. The smallest absolute Gasteiger partial charge is 0.197 e. The Kier molecular flexibility index (Phi) is 3.61. The SMILES string of the molecule is CNCC(O)c1oc(C2CCCC2)nc1C. The molecule has 90 valence electrons. The minimum Gasteiger partial charge on any atom is -0.442 e. The first-order chi connectivity index (χ1) is 7.72. The van der Waals surface area contributed by atoms with Gasteiger partial charge in [0.05, 0.1) is 5.69 Å². The quantitative estimate of drug-likeness (QED) is 0.820. The molecule has 0 amide bonds. The zero-order chi connectivity index (χ0) is 11.5. The van der Waals surface area contributed by atoms with Crippen molar-refractivity contribution in [1.29, 1.82) is 0 Å². The van der Waals surface area contributed by atoms with E-state index in [2.05, 4.69) is 10.3 Å². The standard InChI is InChI=1S/C12H20N2O2/c1-8-11(10(15)7-13-2)16-12(14-8)9-5-3-4-6-9/h9-10,13,15H,3-7H2,1-2H3. The Bertz CT molecular complexity index is 343. The van der Waals surface area contributed by atoms with Crippen LogP contribution in [-0.4, -0.2) is 23.7 Å². The topological polar surface area (TPSA) is 58.3 Å². The van der Waals surface area contributed by atoms with Crippen molar-refractivity contribution in [3.05, 3.63) is 17.3 Å². The fourth-order valence-corrected chi connectivity index (χ4v) is 2.37. The van der Waals surface area contributed by atoms with Crippen LogP contribution < -0.4 is 5.32 Å². The summed E-state index contributed by atoms with van der Waals surface area (Å²) in [5.74, 6) is 1.91. The summed E-state index contributed by atoms with van der Waals surface area (Å²) >= 11 is 0. The van der Waals surface area contributed by atoms with Gasteiger partial charge in [0.2, 0.25) is 0 Å². The van der Waals surface area contributed by atoms with Gasteiger partial charge in [0.25, 0.3) is 0 Å². The summed E-state index contributed by atoms with van der Waals surface area (Å²) in [6.07, 6.45) is 4.27. The highest BCUT2D eigenvalue weighted by Crippen LogP contribution is 2.35. The van der Waals surface area contributed by atoms with Crippen LogP contribution in [0.4, 0.5) is 0 Å². The highest BCUT2D eigenvalue weighted by atomic mass is 16.4. The van der Waals surface area contributed by atoms with E-state index in [0.717, 1.165) is 11.6 Å². The van der Waals surface area contributed by atoms with E-state index in [1.54, 1.807) is 0 Å². The molecular weight excluding hydrogens is 204 g/mol. The van der Waals surface area contributed by atoms with E-state index in [9.17, 15) is 5.11 Å². The van der Waals surface area contributed by atoms with Gasteiger partial charge in [-0.25, -0.2) is 4.98 Å². The molecule has 1 heterocycles. The minimum atomic E-state index is -0.590. The lowest BCUT2D eigenvalue weighted by atomic mass is 10.1. The molecule has 0 aliphatic heterocycles. The fraction of sp³-hybridized carbons (Fsp3) is 0.750. The van der Waals surface area contributed by atoms with Crippen LogP contribution in [0.1, 0.15) is 55.1 Å². The Morgan fingerprint density at radius 3 is 2.81 bits per heavy atom. The van der Waals surface area contributed by atoms with Gasteiger partial charge in [-0.15, -0.1) is 0 Å². The van der Waals surface area contributed by atoms with E-state index in [0.29, 0.717) is 18.2 Å².